The maximum absolute atomic E-state index is 12.3. The molecule has 3 heterocycles. The van der Waals surface area contributed by atoms with Crippen LogP contribution in [0.4, 0.5) is 0 Å². The monoisotopic (exact) mass is 320 g/mol. The Kier molecular flexibility index (Phi) is 4.19. The molecule has 2 saturated heterocycles. The lowest BCUT2D eigenvalue weighted by molar-refractivity contribution is -0.145. The minimum Gasteiger partial charge on any atom is -0.466 e. The van der Waals surface area contributed by atoms with E-state index in [1.54, 1.807) is 17.4 Å². The number of ketones is 1. The summed E-state index contributed by atoms with van der Waals surface area (Å²) in [6.45, 7) is 3.93. The molecule has 0 unspecified atom stereocenters. The fourth-order valence-corrected chi connectivity index (χ4v) is 4.44. The van der Waals surface area contributed by atoms with E-state index in [-0.39, 0.29) is 35.9 Å². The number of carbonyl (C=O) groups excluding carboxylic acids is 2. The Morgan fingerprint density at radius 2 is 2.18 bits per heavy atom. The fourth-order valence-electron chi connectivity index (χ4n) is 3.57. The van der Waals surface area contributed by atoms with Gasteiger partial charge in [0.1, 0.15) is 5.78 Å². The van der Waals surface area contributed by atoms with Crippen LogP contribution in [0, 0.1) is 11.8 Å². The second-order valence-electron chi connectivity index (χ2n) is 6.06. The summed E-state index contributed by atoms with van der Waals surface area (Å²) in [7, 11) is 1.37. The van der Waals surface area contributed by atoms with Gasteiger partial charge in [-0.25, -0.2) is 4.79 Å². The van der Waals surface area contributed by atoms with Crippen molar-refractivity contribution in [1.82, 2.24) is 0 Å². The first kappa shape index (κ1) is 15.4. The molecular formula is C17H20O4S. The molecule has 5 heteroatoms. The molecule has 5 atom stereocenters. The van der Waals surface area contributed by atoms with Crippen molar-refractivity contribution in [1.29, 1.82) is 0 Å². The summed E-state index contributed by atoms with van der Waals surface area (Å²) in [6.07, 6.45) is 4.08. The highest BCUT2D eigenvalue weighted by Gasteiger charge is 2.50. The van der Waals surface area contributed by atoms with E-state index in [4.69, 9.17) is 4.74 Å². The molecular weight excluding hydrogens is 300 g/mol. The highest BCUT2D eigenvalue weighted by molar-refractivity contribution is 7.11. The number of Topliss-reactive ketones (excluding diaryl/α,β-unsaturated/α-hetero) is 1. The number of hydrogen-bond acceptors (Lipinski definition) is 5. The molecule has 2 aliphatic rings. The van der Waals surface area contributed by atoms with Crippen LogP contribution >= 0.6 is 11.3 Å². The van der Waals surface area contributed by atoms with E-state index in [2.05, 4.69) is 10.8 Å². The van der Waals surface area contributed by atoms with E-state index in [9.17, 15) is 9.59 Å². The van der Waals surface area contributed by atoms with Crippen molar-refractivity contribution in [2.24, 2.45) is 11.8 Å². The van der Waals surface area contributed by atoms with E-state index < -0.39 is 0 Å². The number of hydrogen-bond donors (Lipinski definition) is 0. The molecule has 1 aromatic heterocycles. The van der Waals surface area contributed by atoms with Gasteiger partial charge < -0.3 is 9.47 Å². The largest absolute Gasteiger partial charge is 0.466 e. The SMILES string of the molecule is COC(=O)/C=C/c1sccc1[C@@H]1C[C@@H]2O[C@H]1[C@H](C)C(=O)[C@@H]2C. The van der Waals surface area contributed by atoms with E-state index in [0.717, 1.165) is 11.3 Å². The second kappa shape index (κ2) is 5.97. The molecule has 2 bridgehead atoms. The summed E-state index contributed by atoms with van der Waals surface area (Å²) in [6, 6.07) is 2.08. The van der Waals surface area contributed by atoms with Gasteiger partial charge in [-0.1, -0.05) is 13.8 Å². The van der Waals surface area contributed by atoms with Crippen molar-refractivity contribution in [3.63, 3.8) is 0 Å². The molecule has 118 valence electrons. The number of rotatable bonds is 3. The minimum atomic E-state index is -0.363. The van der Waals surface area contributed by atoms with Gasteiger partial charge in [0.05, 0.1) is 19.3 Å². The molecule has 1 aromatic rings. The van der Waals surface area contributed by atoms with Gasteiger partial charge in [-0.2, -0.15) is 0 Å². The molecule has 0 amide bonds. The first-order valence-corrected chi connectivity index (χ1v) is 8.43. The van der Waals surface area contributed by atoms with Gasteiger partial charge in [0.15, 0.2) is 0 Å². The van der Waals surface area contributed by atoms with E-state index >= 15 is 0 Å². The third-order valence-corrected chi connectivity index (χ3v) is 5.76. The standard InChI is InChI=1S/C17H20O4S/c1-9-13-8-12(17(21-13)10(2)16(9)19)11-6-7-22-14(11)4-5-15(18)20-3/h4-7,9-10,12-13,17H,8H2,1-3H3/b5-4+/t9-,10-,12+,13+,17+/m1/s1. The summed E-state index contributed by atoms with van der Waals surface area (Å²) in [5.41, 5.74) is 1.17. The molecule has 0 aliphatic carbocycles. The van der Waals surface area contributed by atoms with Crippen LogP contribution in [0.15, 0.2) is 17.5 Å². The lowest BCUT2D eigenvalue weighted by Crippen LogP contribution is -2.41. The van der Waals surface area contributed by atoms with E-state index in [1.807, 2.05) is 19.2 Å². The number of methoxy groups -OCH3 is 1. The fraction of sp³-hybridized carbons (Fsp3) is 0.529. The normalized spacial score (nSPS) is 34.3. The van der Waals surface area contributed by atoms with Gasteiger partial charge >= 0.3 is 5.97 Å². The van der Waals surface area contributed by atoms with Crippen LogP contribution in [0.3, 0.4) is 0 Å². The molecule has 2 aliphatic heterocycles. The van der Waals surface area contributed by atoms with Gasteiger partial charge in [-0.05, 0) is 29.5 Å². The Bertz CT molecular complexity index is 618. The highest BCUT2D eigenvalue weighted by atomic mass is 32.1. The van der Waals surface area contributed by atoms with Crippen molar-refractivity contribution in [3.05, 3.63) is 28.0 Å². The molecule has 3 rings (SSSR count). The van der Waals surface area contributed by atoms with E-state index in [0.29, 0.717) is 5.78 Å². The minimum absolute atomic E-state index is 0.0241. The maximum Gasteiger partial charge on any atom is 0.330 e. The van der Waals surface area contributed by atoms with Crippen LogP contribution in [0.5, 0.6) is 0 Å². The van der Waals surface area contributed by atoms with Crippen LogP contribution in [-0.4, -0.2) is 31.1 Å². The molecule has 4 nitrogen and oxygen atoms in total. The maximum atomic E-state index is 12.3. The Morgan fingerprint density at radius 3 is 2.91 bits per heavy atom. The summed E-state index contributed by atoms with van der Waals surface area (Å²) in [5.74, 6) is 0.0704. The highest BCUT2D eigenvalue weighted by Crippen LogP contribution is 2.47. The number of fused-ring (bicyclic) bond motifs is 2. The second-order valence-corrected chi connectivity index (χ2v) is 7.01. The van der Waals surface area contributed by atoms with Crippen LogP contribution in [-0.2, 0) is 19.1 Å². The van der Waals surface area contributed by atoms with Crippen molar-refractivity contribution < 1.29 is 19.1 Å². The van der Waals surface area contributed by atoms with Gasteiger partial charge in [0, 0.05) is 28.7 Å². The zero-order valence-electron chi connectivity index (χ0n) is 12.9. The Morgan fingerprint density at radius 1 is 1.41 bits per heavy atom. The Labute approximate surface area is 134 Å². The van der Waals surface area contributed by atoms with Crippen LogP contribution < -0.4 is 0 Å². The smallest absolute Gasteiger partial charge is 0.330 e. The number of thiophene rings is 1. The molecule has 0 radical (unpaired) electrons. The van der Waals surface area contributed by atoms with E-state index in [1.165, 1.54) is 18.7 Å². The van der Waals surface area contributed by atoms with Gasteiger partial charge in [0.2, 0.25) is 0 Å². The first-order valence-electron chi connectivity index (χ1n) is 7.55. The summed E-state index contributed by atoms with van der Waals surface area (Å²) >= 11 is 1.59. The Hall–Kier alpha value is -1.46. The summed E-state index contributed by atoms with van der Waals surface area (Å²) in [5, 5.41) is 2.02. The predicted molar refractivity (Wildman–Crippen MR) is 84.7 cm³/mol. The lowest BCUT2D eigenvalue weighted by atomic mass is 9.85. The van der Waals surface area contributed by atoms with Gasteiger partial charge in [0.25, 0.3) is 0 Å². The lowest BCUT2D eigenvalue weighted by Gasteiger charge is -2.31. The predicted octanol–water partition coefficient (Wildman–Crippen LogP) is 3.03. The average molecular weight is 320 g/mol. The van der Waals surface area contributed by atoms with Crippen molar-refractivity contribution in [2.75, 3.05) is 7.11 Å². The quantitative estimate of drug-likeness (QED) is 0.634. The number of ether oxygens (including phenoxy) is 2. The Balaban J connectivity index is 1.87. The molecule has 2 fully saturated rings. The summed E-state index contributed by atoms with van der Waals surface area (Å²) in [4.78, 5) is 24.6. The third kappa shape index (κ3) is 2.52. The van der Waals surface area contributed by atoms with Crippen molar-refractivity contribution in [2.45, 2.75) is 38.4 Å². The van der Waals surface area contributed by atoms with Crippen molar-refractivity contribution >= 4 is 29.2 Å². The van der Waals surface area contributed by atoms with Gasteiger partial charge in [-0.3, -0.25) is 4.79 Å². The van der Waals surface area contributed by atoms with Crippen LogP contribution in [0.1, 0.15) is 36.6 Å². The molecule has 0 aromatic carbocycles. The zero-order chi connectivity index (χ0) is 15.9. The zero-order valence-corrected chi connectivity index (χ0v) is 13.8. The molecule has 0 saturated carbocycles. The third-order valence-electron chi connectivity index (χ3n) is 4.86. The topological polar surface area (TPSA) is 52.6 Å². The van der Waals surface area contributed by atoms with Crippen molar-refractivity contribution in [3.8, 4) is 0 Å². The van der Waals surface area contributed by atoms with Gasteiger partial charge in [-0.15, -0.1) is 11.3 Å². The molecule has 22 heavy (non-hydrogen) atoms. The van der Waals surface area contributed by atoms with Crippen LogP contribution in [0.25, 0.3) is 6.08 Å². The van der Waals surface area contributed by atoms with Crippen LogP contribution in [0.2, 0.25) is 0 Å². The number of esters is 1. The average Bonchev–Trinajstić information content (AvgIpc) is 3.13. The summed E-state index contributed by atoms with van der Waals surface area (Å²) < 4.78 is 10.7. The number of carbonyl (C=O) groups is 2. The molecule has 0 spiro atoms. The molecule has 0 N–H and O–H groups in total. The first-order chi connectivity index (χ1) is 10.5.